The zero-order chi connectivity index (χ0) is 16.1. The molecule has 2 saturated heterocycles. The first-order valence-corrected chi connectivity index (χ1v) is 8.24. The fourth-order valence-corrected chi connectivity index (χ4v) is 3.11. The van der Waals surface area contributed by atoms with Gasteiger partial charge in [-0.1, -0.05) is 6.07 Å². The lowest BCUT2D eigenvalue weighted by Gasteiger charge is -2.37. The fourth-order valence-electron chi connectivity index (χ4n) is 3.11. The molecule has 1 aromatic carbocycles. The highest BCUT2D eigenvalue weighted by Gasteiger charge is 2.24. The van der Waals surface area contributed by atoms with Gasteiger partial charge in [-0.15, -0.1) is 0 Å². The van der Waals surface area contributed by atoms with Gasteiger partial charge in [-0.3, -0.25) is 4.79 Å². The van der Waals surface area contributed by atoms with Crippen molar-refractivity contribution in [1.82, 2.24) is 10.2 Å². The number of carbonyl (C=O) groups is 1. The number of amides is 1. The van der Waals surface area contributed by atoms with Gasteiger partial charge in [-0.2, -0.15) is 0 Å². The average Bonchev–Trinajstić information content (AvgIpc) is 2.63. The standard InChI is InChI=1S/C17H25N3O3/c1-22-16-4-2-3-15(12-16)19-6-8-20(9-7-19)17(21)11-14-13-23-10-5-18-14/h2-4,12,14,18H,5-11,13H2,1H3. The minimum Gasteiger partial charge on any atom is -0.497 e. The number of methoxy groups -OCH3 is 1. The number of hydrogen-bond acceptors (Lipinski definition) is 5. The Bertz CT molecular complexity index is 524. The van der Waals surface area contributed by atoms with Crippen LogP contribution in [-0.2, 0) is 9.53 Å². The number of rotatable bonds is 4. The van der Waals surface area contributed by atoms with Crippen LogP contribution in [0.3, 0.4) is 0 Å². The molecule has 0 bridgehead atoms. The second-order valence-corrected chi connectivity index (χ2v) is 6.00. The largest absolute Gasteiger partial charge is 0.497 e. The molecule has 6 nitrogen and oxygen atoms in total. The van der Waals surface area contributed by atoms with Crippen LogP contribution in [0.15, 0.2) is 24.3 Å². The summed E-state index contributed by atoms with van der Waals surface area (Å²) < 4.78 is 10.7. The van der Waals surface area contributed by atoms with Crippen molar-refractivity contribution in [2.24, 2.45) is 0 Å². The monoisotopic (exact) mass is 319 g/mol. The van der Waals surface area contributed by atoms with E-state index in [4.69, 9.17) is 9.47 Å². The maximum absolute atomic E-state index is 12.4. The van der Waals surface area contributed by atoms with Crippen LogP contribution in [0.25, 0.3) is 0 Å². The van der Waals surface area contributed by atoms with Crippen LogP contribution in [0.5, 0.6) is 5.75 Å². The van der Waals surface area contributed by atoms with Crippen LogP contribution >= 0.6 is 0 Å². The van der Waals surface area contributed by atoms with Gasteiger partial charge in [-0.05, 0) is 12.1 Å². The van der Waals surface area contributed by atoms with Gasteiger partial charge in [0.15, 0.2) is 0 Å². The van der Waals surface area contributed by atoms with Crippen molar-refractivity contribution in [3.8, 4) is 5.75 Å². The Hall–Kier alpha value is -1.79. The highest BCUT2D eigenvalue weighted by molar-refractivity contribution is 5.77. The smallest absolute Gasteiger partial charge is 0.224 e. The molecule has 0 saturated carbocycles. The number of morpholine rings is 1. The highest BCUT2D eigenvalue weighted by Crippen LogP contribution is 2.22. The van der Waals surface area contributed by atoms with Gasteiger partial charge in [0.1, 0.15) is 5.75 Å². The van der Waals surface area contributed by atoms with E-state index in [2.05, 4.69) is 16.3 Å². The molecule has 1 atom stereocenters. The summed E-state index contributed by atoms with van der Waals surface area (Å²) in [4.78, 5) is 16.7. The van der Waals surface area contributed by atoms with Gasteiger partial charge in [0.25, 0.3) is 0 Å². The van der Waals surface area contributed by atoms with Crippen molar-refractivity contribution >= 4 is 11.6 Å². The van der Waals surface area contributed by atoms with Gasteiger partial charge in [0.05, 0.1) is 20.3 Å². The molecule has 2 aliphatic heterocycles. The lowest BCUT2D eigenvalue weighted by molar-refractivity contribution is -0.132. The van der Waals surface area contributed by atoms with Crippen LogP contribution in [0.4, 0.5) is 5.69 Å². The molecule has 2 fully saturated rings. The third-order valence-corrected chi connectivity index (χ3v) is 4.47. The molecule has 1 unspecified atom stereocenters. The van der Waals surface area contributed by atoms with Crippen LogP contribution in [-0.4, -0.2) is 69.9 Å². The second kappa shape index (κ2) is 7.66. The quantitative estimate of drug-likeness (QED) is 0.886. The van der Waals surface area contributed by atoms with Crippen LogP contribution in [0.2, 0.25) is 0 Å². The van der Waals surface area contributed by atoms with Crippen LogP contribution in [0, 0.1) is 0 Å². The number of carbonyl (C=O) groups excluding carboxylic acids is 1. The fraction of sp³-hybridized carbons (Fsp3) is 0.588. The summed E-state index contributed by atoms with van der Waals surface area (Å²) in [6.07, 6.45) is 0.527. The third-order valence-electron chi connectivity index (χ3n) is 4.47. The van der Waals surface area contributed by atoms with Crippen LogP contribution < -0.4 is 15.0 Å². The topological polar surface area (TPSA) is 54.0 Å². The third kappa shape index (κ3) is 4.14. The highest BCUT2D eigenvalue weighted by atomic mass is 16.5. The van der Waals surface area contributed by atoms with Crippen molar-refractivity contribution < 1.29 is 14.3 Å². The Labute approximate surface area is 137 Å². The van der Waals surface area contributed by atoms with E-state index in [-0.39, 0.29) is 11.9 Å². The Balaban J connectivity index is 1.50. The van der Waals surface area contributed by atoms with Crippen molar-refractivity contribution in [2.75, 3.05) is 57.9 Å². The molecule has 0 spiro atoms. The maximum atomic E-state index is 12.4. The molecule has 1 amide bonds. The molecule has 23 heavy (non-hydrogen) atoms. The zero-order valence-electron chi connectivity index (χ0n) is 13.7. The first-order chi connectivity index (χ1) is 11.3. The van der Waals surface area contributed by atoms with Gasteiger partial charge in [0, 0.05) is 56.9 Å². The Morgan fingerprint density at radius 3 is 2.87 bits per heavy atom. The molecular formula is C17H25N3O3. The van der Waals surface area contributed by atoms with Gasteiger partial charge >= 0.3 is 0 Å². The predicted molar refractivity (Wildman–Crippen MR) is 89.0 cm³/mol. The minimum absolute atomic E-state index is 0.160. The summed E-state index contributed by atoms with van der Waals surface area (Å²) in [5.74, 6) is 1.09. The van der Waals surface area contributed by atoms with E-state index in [0.29, 0.717) is 13.0 Å². The number of nitrogens with zero attached hydrogens (tertiary/aromatic N) is 2. The SMILES string of the molecule is COc1cccc(N2CCN(C(=O)CC3COCCN3)CC2)c1. The first kappa shape index (κ1) is 16.1. The Morgan fingerprint density at radius 1 is 1.35 bits per heavy atom. The zero-order valence-corrected chi connectivity index (χ0v) is 13.7. The Morgan fingerprint density at radius 2 is 2.17 bits per heavy atom. The maximum Gasteiger partial charge on any atom is 0.224 e. The lowest BCUT2D eigenvalue weighted by Crippen LogP contribution is -2.51. The number of piperazine rings is 1. The summed E-state index contributed by atoms with van der Waals surface area (Å²) in [7, 11) is 1.68. The molecule has 1 N–H and O–H groups in total. The number of anilines is 1. The lowest BCUT2D eigenvalue weighted by atomic mass is 10.1. The predicted octanol–water partition coefficient (Wildman–Crippen LogP) is 0.722. The molecule has 3 rings (SSSR count). The second-order valence-electron chi connectivity index (χ2n) is 6.00. The molecule has 2 aliphatic rings. The molecular weight excluding hydrogens is 294 g/mol. The average molecular weight is 319 g/mol. The van der Waals surface area contributed by atoms with Crippen molar-refractivity contribution in [1.29, 1.82) is 0 Å². The summed E-state index contributed by atoms with van der Waals surface area (Å²) in [6.45, 7) is 5.45. The minimum atomic E-state index is 0.160. The van der Waals surface area contributed by atoms with E-state index in [9.17, 15) is 4.79 Å². The van der Waals surface area contributed by atoms with Gasteiger partial charge in [0.2, 0.25) is 5.91 Å². The summed E-state index contributed by atoms with van der Waals surface area (Å²) in [5, 5.41) is 3.34. The normalized spacial score (nSPS) is 22.0. The molecule has 6 heteroatoms. The summed E-state index contributed by atoms with van der Waals surface area (Å²) in [6, 6.07) is 8.24. The molecule has 0 radical (unpaired) electrons. The number of benzene rings is 1. The summed E-state index contributed by atoms with van der Waals surface area (Å²) in [5.41, 5.74) is 1.15. The molecule has 126 valence electrons. The van der Waals surface area contributed by atoms with E-state index in [0.717, 1.165) is 50.8 Å². The number of hydrogen-bond donors (Lipinski definition) is 1. The molecule has 2 heterocycles. The molecule has 1 aromatic rings. The van der Waals surface area contributed by atoms with E-state index in [1.807, 2.05) is 23.1 Å². The van der Waals surface area contributed by atoms with Crippen molar-refractivity contribution in [2.45, 2.75) is 12.5 Å². The van der Waals surface area contributed by atoms with Crippen molar-refractivity contribution in [3.05, 3.63) is 24.3 Å². The van der Waals surface area contributed by atoms with E-state index in [1.165, 1.54) is 0 Å². The Kier molecular flexibility index (Phi) is 5.35. The molecule has 0 aliphatic carbocycles. The van der Waals surface area contributed by atoms with Gasteiger partial charge in [-0.25, -0.2) is 0 Å². The van der Waals surface area contributed by atoms with Gasteiger partial charge < -0.3 is 24.6 Å². The summed E-state index contributed by atoms with van der Waals surface area (Å²) >= 11 is 0. The molecule has 0 aromatic heterocycles. The van der Waals surface area contributed by atoms with E-state index < -0.39 is 0 Å². The van der Waals surface area contributed by atoms with Crippen molar-refractivity contribution in [3.63, 3.8) is 0 Å². The first-order valence-electron chi connectivity index (χ1n) is 8.24. The number of nitrogens with one attached hydrogen (secondary N) is 1. The van der Waals surface area contributed by atoms with E-state index >= 15 is 0 Å². The van der Waals surface area contributed by atoms with Crippen LogP contribution in [0.1, 0.15) is 6.42 Å². The number of ether oxygens (including phenoxy) is 2. The van der Waals surface area contributed by atoms with E-state index in [1.54, 1.807) is 7.11 Å².